The van der Waals surface area contributed by atoms with E-state index in [0.29, 0.717) is 0 Å². The second kappa shape index (κ2) is 5.95. The predicted octanol–water partition coefficient (Wildman–Crippen LogP) is 3.14. The van der Waals surface area contributed by atoms with Crippen molar-refractivity contribution < 1.29 is 9.47 Å². The topological polar surface area (TPSA) is 51.9 Å². The lowest BCUT2D eigenvalue weighted by atomic mass is 10.2. The number of hydrogen-bond donors (Lipinski definition) is 0. The Bertz CT molecular complexity index is 935. The number of methoxy groups -OCH3 is 1. The molecule has 3 heterocycles. The molecular weight excluding hydrogens is 316 g/mol. The number of rotatable bonds is 3. The van der Waals surface area contributed by atoms with Gasteiger partial charge in [-0.15, -0.1) is 0 Å². The number of nitrogens with zero attached hydrogens (tertiary/aromatic N) is 4. The smallest absolute Gasteiger partial charge is 0.234 e. The minimum atomic E-state index is 0.126. The molecule has 1 aliphatic rings. The summed E-state index contributed by atoms with van der Waals surface area (Å²) in [6.07, 6.45) is 2.04. The Kier molecular flexibility index (Phi) is 3.75. The SMILES string of the molecule is COc1ccc2c(c1)N(Cc1cnc3nc(C)cc(C)n13)CC(C)O2. The first-order valence-electron chi connectivity index (χ1n) is 8.45. The Labute approximate surface area is 147 Å². The maximum atomic E-state index is 5.98. The van der Waals surface area contributed by atoms with Gasteiger partial charge >= 0.3 is 0 Å². The van der Waals surface area contributed by atoms with E-state index in [2.05, 4.69) is 39.2 Å². The van der Waals surface area contributed by atoms with Gasteiger partial charge in [0.05, 0.1) is 37.8 Å². The number of benzene rings is 1. The van der Waals surface area contributed by atoms with Crippen LogP contribution in [0.2, 0.25) is 0 Å². The normalized spacial score (nSPS) is 16.6. The summed E-state index contributed by atoms with van der Waals surface area (Å²) in [6.45, 7) is 7.72. The first kappa shape index (κ1) is 15.7. The van der Waals surface area contributed by atoms with E-state index in [1.54, 1.807) is 7.11 Å². The van der Waals surface area contributed by atoms with Crippen LogP contribution < -0.4 is 14.4 Å². The van der Waals surface area contributed by atoms with E-state index in [1.165, 1.54) is 0 Å². The molecule has 25 heavy (non-hydrogen) atoms. The van der Waals surface area contributed by atoms with Crippen LogP contribution in [-0.4, -0.2) is 34.1 Å². The zero-order chi connectivity index (χ0) is 17.6. The summed E-state index contributed by atoms with van der Waals surface area (Å²) in [7, 11) is 1.68. The van der Waals surface area contributed by atoms with Crippen molar-refractivity contribution in [3.05, 3.63) is 47.5 Å². The molecule has 0 bridgehead atoms. The standard InChI is InChI=1S/C19H22N4O2/c1-12-7-13(2)23-15(9-20-19(23)21-12)11-22-10-14(3)25-18-6-5-16(24-4)8-17(18)22/h5-9,14H,10-11H2,1-4H3. The summed E-state index contributed by atoms with van der Waals surface area (Å²) >= 11 is 0. The zero-order valence-corrected chi connectivity index (χ0v) is 15.0. The third-order valence-corrected chi connectivity index (χ3v) is 4.53. The number of aromatic nitrogens is 3. The average molecular weight is 338 g/mol. The van der Waals surface area contributed by atoms with Crippen LogP contribution in [0.4, 0.5) is 5.69 Å². The molecule has 0 fully saturated rings. The van der Waals surface area contributed by atoms with Crippen LogP contribution >= 0.6 is 0 Å². The van der Waals surface area contributed by atoms with Crippen molar-refractivity contribution in [2.24, 2.45) is 0 Å². The van der Waals surface area contributed by atoms with Gasteiger partial charge in [0.1, 0.15) is 17.6 Å². The summed E-state index contributed by atoms with van der Waals surface area (Å²) < 4.78 is 13.5. The molecule has 0 saturated heterocycles. The van der Waals surface area contributed by atoms with E-state index in [9.17, 15) is 0 Å². The molecule has 4 rings (SSSR count). The Morgan fingerprint density at radius 3 is 2.92 bits per heavy atom. The molecule has 0 aliphatic carbocycles. The largest absolute Gasteiger partial charge is 0.497 e. The fraction of sp³-hybridized carbons (Fsp3) is 0.368. The maximum absolute atomic E-state index is 5.98. The Morgan fingerprint density at radius 1 is 1.28 bits per heavy atom. The van der Waals surface area contributed by atoms with Crippen molar-refractivity contribution >= 4 is 11.5 Å². The number of anilines is 1. The zero-order valence-electron chi connectivity index (χ0n) is 15.0. The number of imidazole rings is 1. The van der Waals surface area contributed by atoms with Crippen molar-refractivity contribution in [2.45, 2.75) is 33.4 Å². The van der Waals surface area contributed by atoms with E-state index < -0.39 is 0 Å². The van der Waals surface area contributed by atoms with Crippen molar-refractivity contribution in [3.63, 3.8) is 0 Å². The van der Waals surface area contributed by atoms with E-state index in [-0.39, 0.29) is 6.10 Å². The molecule has 6 heteroatoms. The molecule has 1 aromatic carbocycles. The fourth-order valence-corrected chi connectivity index (χ4v) is 3.49. The van der Waals surface area contributed by atoms with Crippen LogP contribution in [0.3, 0.4) is 0 Å². The molecule has 0 N–H and O–H groups in total. The molecule has 0 amide bonds. The van der Waals surface area contributed by atoms with E-state index in [4.69, 9.17) is 9.47 Å². The summed E-state index contributed by atoms with van der Waals surface area (Å²) in [5.41, 5.74) is 4.28. The molecule has 1 unspecified atom stereocenters. The van der Waals surface area contributed by atoms with Gasteiger partial charge in [-0.25, -0.2) is 9.97 Å². The Balaban J connectivity index is 1.74. The number of hydrogen-bond acceptors (Lipinski definition) is 5. The lowest BCUT2D eigenvalue weighted by Crippen LogP contribution is -2.38. The van der Waals surface area contributed by atoms with Gasteiger partial charge in [-0.3, -0.25) is 4.40 Å². The van der Waals surface area contributed by atoms with Gasteiger partial charge in [-0.1, -0.05) is 0 Å². The minimum Gasteiger partial charge on any atom is -0.497 e. The monoisotopic (exact) mass is 338 g/mol. The van der Waals surface area contributed by atoms with Crippen LogP contribution in [0.5, 0.6) is 11.5 Å². The molecule has 130 valence electrons. The number of ether oxygens (including phenoxy) is 2. The van der Waals surface area contributed by atoms with Crippen LogP contribution in [0.15, 0.2) is 30.5 Å². The maximum Gasteiger partial charge on any atom is 0.234 e. The third kappa shape index (κ3) is 2.77. The molecule has 0 radical (unpaired) electrons. The van der Waals surface area contributed by atoms with Crippen LogP contribution in [-0.2, 0) is 6.54 Å². The van der Waals surface area contributed by atoms with Gasteiger partial charge in [-0.05, 0) is 39.0 Å². The first-order valence-corrected chi connectivity index (χ1v) is 8.45. The quantitative estimate of drug-likeness (QED) is 0.734. The summed E-state index contributed by atoms with van der Waals surface area (Å²) in [5.74, 6) is 2.47. The molecule has 1 aliphatic heterocycles. The van der Waals surface area contributed by atoms with Crippen LogP contribution in [0.1, 0.15) is 24.0 Å². The molecular formula is C19H22N4O2. The van der Waals surface area contributed by atoms with Crippen LogP contribution in [0, 0.1) is 13.8 Å². The lowest BCUT2D eigenvalue weighted by Gasteiger charge is -2.35. The molecule has 6 nitrogen and oxygen atoms in total. The van der Waals surface area contributed by atoms with Gasteiger partial charge < -0.3 is 14.4 Å². The van der Waals surface area contributed by atoms with Gasteiger partial charge in [0, 0.05) is 17.5 Å². The second-order valence-electron chi connectivity index (χ2n) is 6.57. The third-order valence-electron chi connectivity index (χ3n) is 4.53. The Hall–Kier alpha value is -2.76. The van der Waals surface area contributed by atoms with Crippen molar-refractivity contribution in [2.75, 3.05) is 18.6 Å². The molecule has 2 aromatic heterocycles. The summed E-state index contributed by atoms with van der Waals surface area (Å²) in [4.78, 5) is 11.3. The first-order chi connectivity index (χ1) is 12.0. The second-order valence-corrected chi connectivity index (χ2v) is 6.57. The molecule has 3 aromatic rings. The highest BCUT2D eigenvalue weighted by atomic mass is 16.5. The van der Waals surface area contributed by atoms with Crippen molar-refractivity contribution in [1.82, 2.24) is 14.4 Å². The highest BCUT2D eigenvalue weighted by Crippen LogP contribution is 2.37. The fourth-order valence-electron chi connectivity index (χ4n) is 3.49. The average Bonchev–Trinajstić information content (AvgIpc) is 2.97. The van der Waals surface area contributed by atoms with Gasteiger partial charge in [0.25, 0.3) is 0 Å². The van der Waals surface area contributed by atoms with Gasteiger partial charge in [0.15, 0.2) is 0 Å². The van der Waals surface area contributed by atoms with E-state index in [1.807, 2.05) is 31.3 Å². The highest BCUT2D eigenvalue weighted by molar-refractivity contribution is 5.63. The molecule has 1 atom stereocenters. The molecule has 0 saturated carbocycles. The predicted molar refractivity (Wildman–Crippen MR) is 96.6 cm³/mol. The molecule has 0 spiro atoms. The van der Waals surface area contributed by atoms with E-state index >= 15 is 0 Å². The summed E-state index contributed by atoms with van der Waals surface area (Å²) in [5, 5.41) is 0. The summed E-state index contributed by atoms with van der Waals surface area (Å²) in [6, 6.07) is 8.01. The van der Waals surface area contributed by atoms with E-state index in [0.717, 1.165) is 53.1 Å². The van der Waals surface area contributed by atoms with Gasteiger partial charge in [-0.2, -0.15) is 0 Å². The van der Waals surface area contributed by atoms with Gasteiger partial charge in [0.2, 0.25) is 5.78 Å². The minimum absolute atomic E-state index is 0.126. The lowest BCUT2D eigenvalue weighted by molar-refractivity contribution is 0.211. The number of fused-ring (bicyclic) bond motifs is 2. The number of aryl methyl sites for hydroxylation is 2. The van der Waals surface area contributed by atoms with Crippen molar-refractivity contribution in [3.8, 4) is 11.5 Å². The van der Waals surface area contributed by atoms with Crippen LogP contribution in [0.25, 0.3) is 5.78 Å². The van der Waals surface area contributed by atoms with Crippen molar-refractivity contribution in [1.29, 1.82) is 0 Å². The highest BCUT2D eigenvalue weighted by Gasteiger charge is 2.24. The Morgan fingerprint density at radius 2 is 2.12 bits per heavy atom.